The van der Waals surface area contributed by atoms with Crippen LogP contribution in [-0.4, -0.2) is 19.5 Å². The van der Waals surface area contributed by atoms with Crippen LogP contribution in [0.3, 0.4) is 0 Å². The zero-order chi connectivity index (χ0) is 15.0. The molecule has 0 saturated heterocycles. The molecule has 0 amide bonds. The topological polar surface area (TPSA) is 103 Å². The van der Waals surface area contributed by atoms with E-state index < -0.39 is 10.1 Å². The lowest BCUT2D eigenvalue weighted by molar-refractivity contribution is 0.481. The fourth-order valence-corrected chi connectivity index (χ4v) is 2.78. The summed E-state index contributed by atoms with van der Waals surface area (Å²) in [6.45, 7) is 2.38. The average Bonchev–Trinajstić information content (AvgIpc) is 2.36. The van der Waals surface area contributed by atoms with Gasteiger partial charge in [0.05, 0.1) is 4.90 Å². The number of unbranched alkanes of at least 4 members (excludes halogenated alkanes) is 3. The SMILES string of the molecule is Cc1ccc(S(=O)(=O)O)c(CCCCCCN=[N+]=[N-])c1. The molecule has 0 radical (unpaired) electrons. The minimum Gasteiger partial charge on any atom is -0.282 e. The van der Waals surface area contributed by atoms with Crippen LogP contribution in [0.5, 0.6) is 0 Å². The molecule has 0 heterocycles. The minimum absolute atomic E-state index is 0.00261. The Labute approximate surface area is 119 Å². The standard InChI is InChI=1S/C13H19N3O3S/c1-11-7-8-13(20(17,18)19)12(10-11)6-4-2-3-5-9-15-16-14/h7-8,10H,2-6,9H2,1H3,(H,17,18,19). The number of aryl methyl sites for hydroxylation is 2. The summed E-state index contributed by atoms with van der Waals surface area (Å²) in [7, 11) is -4.16. The van der Waals surface area contributed by atoms with Gasteiger partial charge in [-0.3, -0.25) is 4.55 Å². The Morgan fingerprint density at radius 3 is 2.60 bits per heavy atom. The quantitative estimate of drug-likeness (QED) is 0.260. The van der Waals surface area contributed by atoms with Crippen LogP contribution in [0.15, 0.2) is 28.2 Å². The molecule has 0 aliphatic heterocycles. The predicted molar refractivity (Wildman–Crippen MR) is 77.2 cm³/mol. The molecule has 7 heteroatoms. The van der Waals surface area contributed by atoms with E-state index >= 15 is 0 Å². The van der Waals surface area contributed by atoms with Gasteiger partial charge in [0.1, 0.15) is 0 Å². The molecule has 0 fully saturated rings. The molecule has 0 aromatic heterocycles. The van der Waals surface area contributed by atoms with E-state index in [-0.39, 0.29) is 4.90 Å². The Morgan fingerprint density at radius 1 is 1.25 bits per heavy atom. The first-order valence-corrected chi connectivity index (χ1v) is 7.97. The Morgan fingerprint density at radius 2 is 1.95 bits per heavy atom. The van der Waals surface area contributed by atoms with Crippen molar-refractivity contribution in [1.82, 2.24) is 0 Å². The molecule has 1 aromatic carbocycles. The molecule has 0 unspecified atom stereocenters. The van der Waals surface area contributed by atoms with Crippen molar-refractivity contribution in [3.8, 4) is 0 Å². The van der Waals surface area contributed by atoms with Crippen molar-refractivity contribution in [2.24, 2.45) is 5.11 Å². The predicted octanol–water partition coefficient (Wildman–Crippen LogP) is 3.65. The van der Waals surface area contributed by atoms with Gasteiger partial charge < -0.3 is 0 Å². The smallest absolute Gasteiger partial charge is 0.282 e. The second-order valence-corrected chi connectivity index (χ2v) is 6.09. The molecule has 1 N–H and O–H groups in total. The van der Waals surface area contributed by atoms with Crippen LogP contribution >= 0.6 is 0 Å². The molecule has 0 spiro atoms. The maximum Gasteiger partial charge on any atom is 0.294 e. The maximum atomic E-state index is 11.3. The van der Waals surface area contributed by atoms with Gasteiger partial charge in [0.2, 0.25) is 0 Å². The van der Waals surface area contributed by atoms with Gasteiger partial charge in [-0.15, -0.1) is 0 Å². The summed E-state index contributed by atoms with van der Waals surface area (Å²) in [4.78, 5) is 2.68. The number of hydrogen-bond donors (Lipinski definition) is 1. The number of hydrogen-bond acceptors (Lipinski definition) is 3. The summed E-state index contributed by atoms with van der Waals surface area (Å²) < 4.78 is 31.7. The highest BCUT2D eigenvalue weighted by atomic mass is 32.2. The Hall–Kier alpha value is -1.56. The van der Waals surface area contributed by atoms with Gasteiger partial charge in [-0.1, -0.05) is 35.7 Å². The lowest BCUT2D eigenvalue weighted by Gasteiger charge is -2.08. The van der Waals surface area contributed by atoms with E-state index in [2.05, 4.69) is 10.0 Å². The Kier molecular flexibility index (Phi) is 6.51. The van der Waals surface area contributed by atoms with Crippen LogP contribution in [0.1, 0.15) is 36.8 Å². The van der Waals surface area contributed by atoms with Crippen LogP contribution in [0.2, 0.25) is 0 Å². The minimum atomic E-state index is -4.16. The third kappa shape index (κ3) is 5.61. The fraction of sp³-hybridized carbons (Fsp3) is 0.538. The van der Waals surface area contributed by atoms with Gasteiger partial charge in [-0.25, -0.2) is 0 Å². The van der Waals surface area contributed by atoms with Gasteiger partial charge in [-0.05, 0) is 43.3 Å². The van der Waals surface area contributed by atoms with Gasteiger partial charge in [0.15, 0.2) is 0 Å². The molecule has 1 rings (SSSR count). The first kappa shape index (κ1) is 16.5. The normalized spacial score (nSPS) is 11.1. The zero-order valence-corrected chi connectivity index (χ0v) is 12.3. The third-order valence-electron chi connectivity index (χ3n) is 3.01. The second-order valence-electron chi connectivity index (χ2n) is 4.70. The fourth-order valence-electron chi connectivity index (χ4n) is 2.05. The summed E-state index contributed by atoms with van der Waals surface area (Å²) >= 11 is 0. The summed E-state index contributed by atoms with van der Waals surface area (Å²) in [5.74, 6) is 0. The van der Waals surface area contributed by atoms with E-state index in [1.54, 1.807) is 12.1 Å². The highest BCUT2D eigenvalue weighted by Gasteiger charge is 2.14. The summed E-state index contributed by atoms with van der Waals surface area (Å²) in [6, 6.07) is 4.91. The van der Waals surface area contributed by atoms with E-state index in [0.29, 0.717) is 18.5 Å². The van der Waals surface area contributed by atoms with Crippen LogP contribution in [0.25, 0.3) is 10.4 Å². The number of benzene rings is 1. The van der Waals surface area contributed by atoms with Crippen molar-refractivity contribution in [3.63, 3.8) is 0 Å². The lowest BCUT2D eigenvalue weighted by atomic mass is 10.0. The molecule has 0 aliphatic carbocycles. The molecular weight excluding hydrogens is 278 g/mol. The average molecular weight is 297 g/mol. The van der Waals surface area contributed by atoms with Crippen molar-refractivity contribution in [3.05, 3.63) is 39.8 Å². The van der Waals surface area contributed by atoms with Gasteiger partial charge in [0.25, 0.3) is 10.1 Å². The lowest BCUT2D eigenvalue weighted by Crippen LogP contribution is -2.03. The van der Waals surface area contributed by atoms with Crippen molar-refractivity contribution in [2.75, 3.05) is 6.54 Å². The first-order chi connectivity index (χ1) is 9.45. The van der Waals surface area contributed by atoms with E-state index in [1.807, 2.05) is 6.92 Å². The van der Waals surface area contributed by atoms with E-state index in [4.69, 9.17) is 5.53 Å². The van der Waals surface area contributed by atoms with Crippen LogP contribution in [0, 0.1) is 6.92 Å². The van der Waals surface area contributed by atoms with Gasteiger partial charge in [-0.2, -0.15) is 8.42 Å². The molecule has 6 nitrogen and oxygen atoms in total. The molecule has 0 bridgehead atoms. The molecule has 1 aromatic rings. The third-order valence-corrected chi connectivity index (χ3v) is 3.97. The Bertz CT molecular complexity index is 593. The molecule has 20 heavy (non-hydrogen) atoms. The zero-order valence-electron chi connectivity index (χ0n) is 11.5. The molecule has 0 aliphatic rings. The highest BCUT2D eigenvalue weighted by molar-refractivity contribution is 7.85. The second kappa shape index (κ2) is 7.89. The van der Waals surface area contributed by atoms with E-state index in [1.165, 1.54) is 6.07 Å². The van der Waals surface area contributed by atoms with Crippen molar-refractivity contribution in [2.45, 2.75) is 43.9 Å². The van der Waals surface area contributed by atoms with Crippen LogP contribution in [0.4, 0.5) is 0 Å². The number of azide groups is 1. The Balaban J connectivity index is 2.55. The highest BCUT2D eigenvalue weighted by Crippen LogP contribution is 2.19. The summed E-state index contributed by atoms with van der Waals surface area (Å²) in [5.41, 5.74) is 9.75. The van der Waals surface area contributed by atoms with Crippen molar-refractivity contribution < 1.29 is 13.0 Å². The van der Waals surface area contributed by atoms with E-state index in [0.717, 1.165) is 31.2 Å². The van der Waals surface area contributed by atoms with Gasteiger partial charge >= 0.3 is 0 Å². The molecular formula is C13H19N3O3S. The van der Waals surface area contributed by atoms with Crippen LogP contribution < -0.4 is 0 Å². The first-order valence-electron chi connectivity index (χ1n) is 6.53. The number of nitrogens with zero attached hydrogens (tertiary/aromatic N) is 3. The van der Waals surface area contributed by atoms with Gasteiger partial charge in [0, 0.05) is 11.5 Å². The maximum absolute atomic E-state index is 11.3. The number of rotatable bonds is 8. The van der Waals surface area contributed by atoms with Crippen molar-refractivity contribution in [1.29, 1.82) is 0 Å². The monoisotopic (exact) mass is 297 g/mol. The van der Waals surface area contributed by atoms with E-state index in [9.17, 15) is 13.0 Å². The summed E-state index contributed by atoms with van der Waals surface area (Å²) in [6.07, 6.45) is 4.15. The molecule has 0 saturated carbocycles. The molecule has 0 atom stereocenters. The van der Waals surface area contributed by atoms with Crippen LogP contribution in [-0.2, 0) is 16.5 Å². The van der Waals surface area contributed by atoms with Crippen molar-refractivity contribution >= 4 is 10.1 Å². The summed E-state index contributed by atoms with van der Waals surface area (Å²) in [5, 5.41) is 3.45. The largest absolute Gasteiger partial charge is 0.294 e. The molecule has 110 valence electrons.